The maximum atomic E-state index is 14.3. The fourth-order valence-electron chi connectivity index (χ4n) is 4.44. The number of hydrogen-bond acceptors (Lipinski definition) is 8. The van der Waals surface area contributed by atoms with Gasteiger partial charge in [0, 0.05) is 28.5 Å². The number of aromatic nitrogens is 5. The third-order valence-corrected chi connectivity index (χ3v) is 6.42. The van der Waals surface area contributed by atoms with Gasteiger partial charge in [-0.1, -0.05) is 48.1 Å². The molecule has 5 aromatic rings. The molecule has 12 heteroatoms. The van der Waals surface area contributed by atoms with Crippen LogP contribution in [0, 0.1) is 5.82 Å². The van der Waals surface area contributed by atoms with E-state index in [1.54, 1.807) is 59.3 Å². The Morgan fingerprint density at radius 2 is 1.85 bits per heavy atom. The van der Waals surface area contributed by atoms with E-state index in [1.165, 1.54) is 23.4 Å². The second-order valence-corrected chi connectivity index (χ2v) is 8.97. The lowest BCUT2D eigenvalue weighted by Gasteiger charge is -2.17. The van der Waals surface area contributed by atoms with E-state index in [9.17, 15) is 14.0 Å². The van der Waals surface area contributed by atoms with Crippen molar-refractivity contribution < 1.29 is 18.5 Å². The van der Waals surface area contributed by atoms with Gasteiger partial charge in [-0.25, -0.2) is 14.4 Å². The molecule has 0 saturated heterocycles. The average molecular weight is 537 g/mol. The highest BCUT2D eigenvalue weighted by Gasteiger charge is 2.32. The number of benzene rings is 2. The number of nitrogen functional groups attached to an aromatic ring is 1. The number of hydrogen-bond donors (Lipinski definition) is 2. The van der Waals surface area contributed by atoms with Gasteiger partial charge in [0.1, 0.15) is 35.7 Å². The molecule has 4 heterocycles. The molecule has 1 aliphatic heterocycles. The Kier molecular flexibility index (Phi) is 6.11. The van der Waals surface area contributed by atoms with Crippen LogP contribution in [0.5, 0.6) is 0 Å². The Balaban J connectivity index is 1.22. The Hall–Kier alpha value is -5.65. The fourth-order valence-corrected chi connectivity index (χ4v) is 4.44. The molecule has 3 aromatic heterocycles. The van der Waals surface area contributed by atoms with Crippen LogP contribution in [0.3, 0.4) is 0 Å². The average Bonchev–Trinajstić information content (AvgIpc) is 3.68. The lowest BCUT2D eigenvalue weighted by atomic mass is 10.1. The number of nitrogens with two attached hydrogens (primary N) is 1. The van der Waals surface area contributed by atoms with Crippen molar-refractivity contribution in [1.82, 2.24) is 29.8 Å². The largest absolute Gasteiger partial charge is 0.382 e. The van der Waals surface area contributed by atoms with E-state index in [0.717, 1.165) is 0 Å². The maximum Gasteiger partial charge on any atom is 0.259 e. The van der Waals surface area contributed by atoms with E-state index < -0.39 is 5.91 Å². The molecule has 0 radical (unpaired) electrons. The van der Waals surface area contributed by atoms with Gasteiger partial charge in [0.2, 0.25) is 5.91 Å². The quantitative estimate of drug-likeness (QED) is 0.319. The molecule has 1 aliphatic rings. The lowest BCUT2D eigenvalue weighted by Crippen LogP contribution is -2.33. The Labute approximate surface area is 226 Å². The van der Waals surface area contributed by atoms with Gasteiger partial charge in [0.05, 0.1) is 18.4 Å². The minimum Gasteiger partial charge on any atom is -0.382 e. The van der Waals surface area contributed by atoms with Crippen molar-refractivity contribution in [3.8, 4) is 22.9 Å². The third-order valence-electron chi connectivity index (χ3n) is 6.42. The summed E-state index contributed by atoms with van der Waals surface area (Å²) in [7, 11) is 0. The number of anilines is 2. The van der Waals surface area contributed by atoms with Crippen LogP contribution in [0.4, 0.5) is 15.9 Å². The van der Waals surface area contributed by atoms with Crippen LogP contribution in [-0.4, -0.2) is 48.2 Å². The maximum absolute atomic E-state index is 14.3. The number of rotatable bonds is 7. The van der Waals surface area contributed by atoms with Crippen LogP contribution in [-0.2, 0) is 11.3 Å². The summed E-state index contributed by atoms with van der Waals surface area (Å²) in [6.45, 7) is 3.82. The molecule has 0 bridgehead atoms. The van der Waals surface area contributed by atoms with Gasteiger partial charge in [0.15, 0.2) is 11.6 Å². The highest BCUT2D eigenvalue weighted by molar-refractivity contribution is 6.11. The van der Waals surface area contributed by atoms with Crippen molar-refractivity contribution in [1.29, 1.82) is 0 Å². The zero-order valence-corrected chi connectivity index (χ0v) is 20.9. The summed E-state index contributed by atoms with van der Waals surface area (Å²) in [5, 5.41) is 11.2. The van der Waals surface area contributed by atoms with E-state index in [1.807, 2.05) is 0 Å². The van der Waals surface area contributed by atoms with Crippen molar-refractivity contribution >= 4 is 29.0 Å². The molecule has 2 aromatic carbocycles. The van der Waals surface area contributed by atoms with Crippen molar-refractivity contribution in [3.05, 3.63) is 102 Å². The number of carbonyl (C=O) groups excluding carboxylic acids is 2. The van der Waals surface area contributed by atoms with Gasteiger partial charge >= 0.3 is 0 Å². The first kappa shape index (κ1) is 24.7. The van der Waals surface area contributed by atoms with Crippen LogP contribution < -0.4 is 11.1 Å². The molecule has 0 saturated carbocycles. The van der Waals surface area contributed by atoms with Crippen molar-refractivity contribution in [2.24, 2.45) is 0 Å². The number of carbonyl (C=O) groups is 2. The first-order valence-corrected chi connectivity index (χ1v) is 12.1. The van der Waals surface area contributed by atoms with Crippen molar-refractivity contribution in [3.63, 3.8) is 0 Å². The molecular weight excluding hydrogens is 515 g/mol. The summed E-state index contributed by atoms with van der Waals surface area (Å²) in [5.41, 5.74) is 9.79. The molecule has 0 unspecified atom stereocenters. The second-order valence-electron chi connectivity index (χ2n) is 8.97. The predicted molar refractivity (Wildman–Crippen MR) is 144 cm³/mol. The number of fused-ring (bicyclic) bond motifs is 1. The molecule has 0 aliphatic carbocycles. The molecule has 0 atom stereocenters. The zero-order chi connectivity index (χ0) is 27.8. The smallest absolute Gasteiger partial charge is 0.259 e. The number of halogens is 1. The van der Waals surface area contributed by atoms with Crippen LogP contribution in [0.25, 0.3) is 28.6 Å². The topological polar surface area (TPSA) is 145 Å². The van der Waals surface area contributed by atoms with Gasteiger partial charge in [-0.15, -0.1) is 0 Å². The molecule has 198 valence electrons. The van der Waals surface area contributed by atoms with Gasteiger partial charge in [-0.2, -0.15) is 5.10 Å². The van der Waals surface area contributed by atoms with Gasteiger partial charge in [-0.05, 0) is 18.2 Å². The van der Waals surface area contributed by atoms with E-state index >= 15 is 0 Å². The zero-order valence-electron chi connectivity index (χ0n) is 20.9. The van der Waals surface area contributed by atoms with E-state index in [2.05, 4.69) is 32.1 Å². The SMILES string of the molecule is C=C1c2ccccc2C(=O)N1CC(=O)Nc1cnc(-c2cc(-c3ccon3)n(Cc3ccccc3F)n2)nc1N. The molecule has 6 rings (SSSR count). The molecule has 40 heavy (non-hydrogen) atoms. The second kappa shape index (κ2) is 9.91. The van der Waals surface area contributed by atoms with E-state index in [4.69, 9.17) is 10.3 Å². The minimum absolute atomic E-state index is 0.000138. The molecule has 3 N–H and O–H groups in total. The van der Waals surface area contributed by atoms with Crippen LogP contribution in [0.1, 0.15) is 21.5 Å². The standard InChI is InChI=1S/C28H21FN8O3/c1-16-18-7-3-4-8-19(18)28(39)36(16)15-25(38)32-23-13-31-27(33-26(23)30)22-12-24(21-10-11-40-35-21)37(34-22)14-17-6-2-5-9-20(17)29/h2-13H,1,14-15H2,(H,32,38)(H2,30,31,33). The number of nitrogens with one attached hydrogen (secondary N) is 1. The molecule has 2 amide bonds. The Morgan fingerprint density at radius 1 is 1.07 bits per heavy atom. The van der Waals surface area contributed by atoms with Gasteiger partial charge in [0.25, 0.3) is 5.91 Å². The van der Waals surface area contributed by atoms with Crippen LogP contribution in [0.15, 0.2) is 84.2 Å². The van der Waals surface area contributed by atoms with Gasteiger partial charge in [-0.3, -0.25) is 19.2 Å². The van der Waals surface area contributed by atoms with Crippen molar-refractivity contribution in [2.45, 2.75) is 6.54 Å². The first-order valence-electron chi connectivity index (χ1n) is 12.1. The summed E-state index contributed by atoms with van der Waals surface area (Å²) in [6, 6.07) is 16.8. The van der Waals surface area contributed by atoms with Crippen molar-refractivity contribution in [2.75, 3.05) is 17.6 Å². The van der Waals surface area contributed by atoms with E-state index in [-0.39, 0.29) is 42.1 Å². The molecular formula is C28H21FN8O3. The number of amides is 2. The summed E-state index contributed by atoms with van der Waals surface area (Å²) in [4.78, 5) is 35.4. The first-order chi connectivity index (χ1) is 19.4. The number of nitrogens with zero attached hydrogens (tertiary/aromatic N) is 6. The van der Waals surface area contributed by atoms with Crippen LogP contribution in [0.2, 0.25) is 0 Å². The van der Waals surface area contributed by atoms with Crippen LogP contribution >= 0.6 is 0 Å². The van der Waals surface area contributed by atoms with E-state index in [0.29, 0.717) is 39.5 Å². The third kappa shape index (κ3) is 4.47. The minimum atomic E-state index is -0.493. The Bertz CT molecular complexity index is 1750. The summed E-state index contributed by atoms with van der Waals surface area (Å²) in [6.07, 6.45) is 2.78. The molecule has 11 nitrogen and oxygen atoms in total. The summed E-state index contributed by atoms with van der Waals surface area (Å²) >= 11 is 0. The fraction of sp³-hybridized carbons (Fsp3) is 0.0714. The van der Waals surface area contributed by atoms with Gasteiger partial charge < -0.3 is 15.6 Å². The Morgan fingerprint density at radius 3 is 2.58 bits per heavy atom. The monoisotopic (exact) mass is 536 g/mol. The summed E-state index contributed by atoms with van der Waals surface area (Å²) in [5.74, 6) is -0.975. The lowest BCUT2D eigenvalue weighted by molar-refractivity contribution is -0.116. The molecule has 0 spiro atoms. The predicted octanol–water partition coefficient (Wildman–Crippen LogP) is 3.83. The molecule has 0 fully saturated rings. The normalized spacial score (nSPS) is 12.6. The summed E-state index contributed by atoms with van der Waals surface area (Å²) < 4.78 is 20.9. The highest BCUT2D eigenvalue weighted by atomic mass is 19.1. The highest BCUT2D eigenvalue weighted by Crippen LogP contribution is 2.31.